The first-order valence-corrected chi connectivity index (χ1v) is 8.97. The van der Waals surface area contributed by atoms with Gasteiger partial charge < -0.3 is 0 Å². The maximum atomic E-state index is 8.62. The summed E-state index contributed by atoms with van der Waals surface area (Å²) in [7, 11) is 0. The maximum Gasteiger partial charge on any atom is 2.00 e. The van der Waals surface area contributed by atoms with Crippen molar-refractivity contribution in [2.24, 2.45) is 0 Å². The van der Waals surface area contributed by atoms with E-state index in [-0.39, 0.29) is 27.3 Å². The van der Waals surface area contributed by atoms with E-state index in [0.717, 1.165) is 0 Å². The fourth-order valence-electron chi connectivity index (χ4n) is 0. The van der Waals surface area contributed by atoms with E-state index in [2.05, 4.69) is 0 Å². The Bertz CT molecular complexity index is 128. The van der Waals surface area contributed by atoms with Crippen molar-refractivity contribution in [1.29, 1.82) is 0 Å². The molecule has 0 aromatic rings. The molecule has 2 radical (unpaired) electrons. The molecule has 50 valence electrons. The molecule has 0 aliphatic heterocycles. The Morgan fingerprint density at radius 2 is 0.778 bits per heavy atom. The second kappa shape index (κ2) is 12.2. The van der Waals surface area contributed by atoms with Crippen molar-refractivity contribution in [3.8, 4) is 0 Å². The molecule has 0 amide bonds. The fourth-order valence-corrected chi connectivity index (χ4v) is 0. The van der Waals surface area contributed by atoms with E-state index in [4.69, 9.17) is 20.2 Å². The molecule has 0 aromatic heterocycles. The van der Waals surface area contributed by atoms with Gasteiger partial charge in [-0.1, -0.05) is 0 Å². The monoisotopic (exact) mass is 666 g/mol. The van der Waals surface area contributed by atoms with E-state index in [0.29, 0.717) is 0 Å². The first-order chi connectivity index (χ1) is 3.46. The zero-order valence-electron chi connectivity index (χ0n) is 3.84. The molecule has 0 heterocycles. The minimum absolute atomic E-state index is 0. The van der Waals surface area contributed by atoms with Crippen molar-refractivity contribution in [2.45, 2.75) is 0 Å². The van der Waals surface area contributed by atoms with Crippen molar-refractivity contribution >= 4 is 27.3 Å². The van der Waals surface area contributed by atoms with E-state index in [1.807, 2.05) is 0 Å². The first kappa shape index (κ1) is 16.9. The van der Waals surface area contributed by atoms with Gasteiger partial charge in [-0.2, -0.15) is 0 Å². The average Bonchev–Trinajstić information content (AvgIpc) is 1.25. The summed E-state index contributed by atoms with van der Waals surface area (Å²) < 4.78 is 51.7. The normalized spacial score (nSPS) is 5.56. The molecule has 0 fully saturated rings. The summed E-state index contributed by atoms with van der Waals surface area (Å²) in [5, 5.41) is 0. The molecular weight excluding hydrogens is 665 g/mol. The predicted octanol–water partition coefficient (Wildman–Crippen LogP) is -3.24. The average molecular weight is 665 g/mol. The van der Waals surface area contributed by atoms with E-state index in [1.54, 1.807) is 0 Å². The summed E-state index contributed by atoms with van der Waals surface area (Å²) in [6.45, 7) is 0. The molecule has 0 aliphatic rings. The Balaban J connectivity index is -0.0000000720. The Morgan fingerprint density at radius 3 is 0.778 bits per heavy atom. The van der Waals surface area contributed by atoms with E-state index < -0.39 is 37.6 Å². The quantitative estimate of drug-likeness (QED) is 0.252. The van der Waals surface area contributed by atoms with Gasteiger partial charge in [0.1, 0.15) is 0 Å². The van der Waals surface area contributed by atoms with Crippen LogP contribution in [0.5, 0.6) is 0 Å². The zero-order chi connectivity index (χ0) is 7.15. The summed E-state index contributed by atoms with van der Waals surface area (Å²) in [5.41, 5.74) is 0. The minimum Gasteiger partial charge on any atom is 2.00 e. The first-order valence-electron chi connectivity index (χ1n) is 1.10. The predicted molar refractivity (Wildman–Crippen MR) is 8.50 cm³/mol. The fraction of sp³-hybridized carbons (Fsp3) is 0. The van der Waals surface area contributed by atoms with Crippen LogP contribution >= 0.6 is 0 Å². The van der Waals surface area contributed by atoms with Gasteiger partial charge in [-0.15, -0.1) is 0 Å². The minimum atomic E-state index is -4.34. The zero-order valence-corrected chi connectivity index (χ0v) is 14.2. The van der Waals surface area contributed by atoms with Gasteiger partial charge in [0.15, 0.2) is 0 Å². The molecule has 0 saturated carbocycles. The second-order valence-corrected chi connectivity index (χ2v) is 3.66. The summed E-state index contributed by atoms with van der Waals surface area (Å²) in [6, 6.07) is 0. The van der Waals surface area contributed by atoms with Crippen LogP contribution in [0.15, 0.2) is 0 Å². The summed E-state index contributed by atoms with van der Waals surface area (Å²) in [4.78, 5) is 0. The van der Waals surface area contributed by atoms with Crippen LogP contribution in [-0.4, -0.2) is 27.3 Å². The van der Waals surface area contributed by atoms with Gasteiger partial charge in [0.25, 0.3) is 0 Å². The standard InChI is InChI=1S/6O.Pb.2Ta/q;;;;2*-1;+2;;. The van der Waals surface area contributed by atoms with Gasteiger partial charge in [-0.05, 0) is 0 Å². The maximum absolute atomic E-state index is 8.62. The van der Waals surface area contributed by atoms with Crippen LogP contribution in [0.25, 0.3) is 0 Å². The van der Waals surface area contributed by atoms with Crippen LogP contribution in [0.1, 0.15) is 0 Å². The van der Waals surface area contributed by atoms with Gasteiger partial charge in [-0.25, -0.2) is 0 Å². The molecule has 0 aliphatic carbocycles. The van der Waals surface area contributed by atoms with E-state index in [1.165, 1.54) is 0 Å². The van der Waals surface area contributed by atoms with Crippen LogP contribution in [0.2, 0.25) is 0 Å². The third-order valence-corrected chi connectivity index (χ3v) is 0. The van der Waals surface area contributed by atoms with Gasteiger partial charge in [0.2, 0.25) is 0 Å². The third-order valence-electron chi connectivity index (χ3n) is 0. The number of rotatable bonds is 0. The molecule has 0 rings (SSSR count). The van der Waals surface area contributed by atoms with Crippen molar-refractivity contribution in [3.05, 3.63) is 0 Å². The van der Waals surface area contributed by atoms with Gasteiger partial charge in [-0.3, -0.25) is 0 Å². The molecule has 0 saturated heterocycles. The molecular formula is O6PbTa2. The molecule has 0 unspecified atom stereocenters. The summed E-state index contributed by atoms with van der Waals surface area (Å²) in [6.07, 6.45) is 0. The molecule has 0 aromatic carbocycles. The summed E-state index contributed by atoms with van der Waals surface area (Å²) >= 11 is -8.69. The van der Waals surface area contributed by atoms with Crippen molar-refractivity contribution in [1.82, 2.24) is 0 Å². The molecule has 0 atom stereocenters. The van der Waals surface area contributed by atoms with Gasteiger partial charge in [0, 0.05) is 0 Å². The van der Waals surface area contributed by atoms with E-state index >= 15 is 0 Å². The van der Waals surface area contributed by atoms with Crippen LogP contribution < -0.4 is 7.23 Å². The van der Waals surface area contributed by atoms with E-state index in [9.17, 15) is 0 Å². The van der Waals surface area contributed by atoms with Crippen LogP contribution in [0.4, 0.5) is 0 Å². The van der Waals surface area contributed by atoms with Crippen molar-refractivity contribution in [3.63, 3.8) is 0 Å². The van der Waals surface area contributed by atoms with Crippen LogP contribution in [0, 0.1) is 0 Å². The third kappa shape index (κ3) is 232. The Morgan fingerprint density at radius 1 is 0.778 bits per heavy atom. The molecule has 0 N–H and O–H groups in total. The Kier molecular flexibility index (Phi) is 22.9. The molecule has 0 bridgehead atoms. The smallest absolute Gasteiger partial charge is 2.00 e. The van der Waals surface area contributed by atoms with Crippen LogP contribution in [0.3, 0.4) is 0 Å². The van der Waals surface area contributed by atoms with Gasteiger partial charge >= 0.3 is 85.1 Å². The SMILES string of the molecule is [O]=[Ta](=[O])[O-].[O]=[Ta](=[O])[O-].[Pb+2]. The van der Waals surface area contributed by atoms with Crippen LogP contribution in [-0.2, 0) is 50.6 Å². The largest absolute Gasteiger partial charge is 2.00 e. The summed E-state index contributed by atoms with van der Waals surface area (Å²) in [5.74, 6) is 0. The van der Waals surface area contributed by atoms with Gasteiger partial charge in [0.05, 0.1) is 0 Å². The van der Waals surface area contributed by atoms with Crippen molar-refractivity contribution < 1.29 is 57.8 Å². The molecule has 9 heteroatoms. The number of hydrogen-bond acceptors (Lipinski definition) is 6. The van der Waals surface area contributed by atoms with Crippen molar-refractivity contribution in [2.75, 3.05) is 0 Å². The number of hydrogen-bond donors (Lipinski definition) is 0. The topological polar surface area (TPSA) is 114 Å². The Labute approximate surface area is 84.0 Å². The molecule has 0 spiro atoms. The Hall–Kier alpha value is 1.52. The molecule has 9 heavy (non-hydrogen) atoms. The molecule has 6 nitrogen and oxygen atoms in total. The second-order valence-electron chi connectivity index (χ2n) is 0.447.